The molecule has 1 aliphatic heterocycles. The molecule has 3 rings (SSSR count). The van der Waals surface area contributed by atoms with Crippen molar-refractivity contribution in [3.05, 3.63) is 48.0 Å². The molecule has 3 nitrogen and oxygen atoms in total. The van der Waals surface area contributed by atoms with Crippen molar-refractivity contribution in [3.8, 4) is 17.2 Å². The molecule has 4 heteroatoms. The molecule has 0 spiro atoms. The highest BCUT2D eigenvalue weighted by molar-refractivity contribution is 8.00. The predicted octanol–water partition coefficient (Wildman–Crippen LogP) is 4.02. The third-order valence-corrected chi connectivity index (χ3v) is 4.56. The van der Waals surface area contributed by atoms with E-state index in [1.54, 1.807) is 31.0 Å². The van der Waals surface area contributed by atoms with Crippen LogP contribution in [-0.2, 0) is 0 Å². The van der Waals surface area contributed by atoms with Gasteiger partial charge in [-0.25, -0.2) is 0 Å². The molecule has 0 aliphatic carbocycles. The van der Waals surface area contributed by atoms with E-state index in [4.69, 9.17) is 9.47 Å². The fourth-order valence-corrected chi connectivity index (χ4v) is 3.50. The number of aromatic hydroxyl groups is 1. The molecule has 20 heavy (non-hydrogen) atoms. The van der Waals surface area contributed by atoms with Crippen molar-refractivity contribution >= 4 is 11.8 Å². The number of hydrogen-bond acceptors (Lipinski definition) is 4. The normalized spacial score (nSPS) is 20.9. The van der Waals surface area contributed by atoms with E-state index in [0.29, 0.717) is 5.25 Å². The molecule has 2 aromatic rings. The SMILES string of the molecule is COc1cccc2c1OC(c1ccc(O)cc1)C(C)S2. The van der Waals surface area contributed by atoms with Crippen molar-refractivity contribution in [3.63, 3.8) is 0 Å². The molecule has 1 heterocycles. The maximum atomic E-state index is 9.39. The van der Waals surface area contributed by atoms with E-state index in [1.807, 2.05) is 30.3 Å². The minimum atomic E-state index is -0.0515. The summed E-state index contributed by atoms with van der Waals surface area (Å²) in [7, 11) is 1.65. The highest BCUT2D eigenvalue weighted by atomic mass is 32.2. The van der Waals surface area contributed by atoms with Gasteiger partial charge in [-0.3, -0.25) is 0 Å². The van der Waals surface area contributed by atoms with Crippen molar-refractivity contribution < 1.29 is 14.6 Å². The lowest BCUT2D eigenvalue weighted by Gasteiger charge is -2.32. The van der Waals surface area contributed by atoms with Gasteiger partial charge in [0.05, 0.1) is 12.0 Å². The van der Waals surface area contributed by atoms with Crippen LogP contribution in [-0.4, -0.2) is 17.5 Å². The summed E-state index contributed by atoms with van der Waals surface area (Å²) in [6.07, 6.45) is -0.0515. The van der Waals surface area contributed by atoms with Crippen molar-refractivity contribution in [1.29, 1.82) is 0 Å². The molecule has 0 aromatic heterocycles. The molecule has 2 unspecified atom stereocenters. The molecule has 104 valence electrons. The Bertz CT molecular complexity index is 610. The number of benzene rings is 2. The predicted molar refractivity (Wildman–Crippen MR) is 79.8 cm³/mol. The molecule has 0 fully saturated rings. The van der Waals surface area contributed by atoms with E-state index in [1.165, 1.54) is 0 Å². The van der Waals surface area contributed by atoms with E-state index in [-0.39, 0.29) is 11.9 Å². The second-order valence-corrected chi connectivity index (χ2v) is 6.16. The average Bonchev–Trinajstić information content (AvgIpc) is 2.47. The fourth-order valence-electron chi connectivity index (χ4n) is 2.35. The Balaban J connectivity index is 1.97. The number of thioether (sulfide) groups is 1. The Morgan fingerprint density at radius 1 is 1.15 bits per heavy atom. The first-order valence-corrected chi connectivity index (χ1v) is 7.36. The third-order valence-electron chi connectivity index (χ3n) is 3.37. The zero-order valence-electron chi connectivity index (χ0n) is 11.4. The van der Waals surface area contributed by atoms with Crippen LogP contribution in [0.2, 0.25) is 0 Å². The van der Waals surface area contributed by atoms with Gasteiger partial charge in [0.1, 0.15) is 11.9 Å². The van der Waals surface area contributed by atoms with Gasteiger partial charge in [0.15, 0.2) is 11.5 Å². The van der Waals surface area contributed by atoms with Crippen LogP contribution in [0.4, 0.5) is 0 Å². The Hall–Kier alpha value is -1.81. The fraction of sp³-hybridized carbons (Fsp3) is 0.250. The van der Waals surface area contributed by atoms with Gasteiger partial charge in [0.2, 0.25) is 0 Å². The zero-order valence-corrected chi connectivity index (χ0v) is 12.2. The first-order valence-electron chi connectivity index (χ1n) is 6.48. The van der Waals surface area contributed by atoms with Gasteiger partial charge in [0.25, 0.3) is 0 Å². The molecule has 1 N–H and O–H groups in total. The van der Waals surface area contributed by atoms with Crippen LogP contribution in [0.1, 0.15) is 18.6 Å². The molecule has 0 radical (unpaired) electrons. The summed E-state index contributed by atoms with van der Waals surface area (Å²) in [5.41, 5.74) is 1.05. The van der Waals surface area contributed by atoms with E-state index >= 15 is 0 Å². The Morgan fingerprint density at radius 3 is 2.60 bits per heavy atom. The Labute approximate surface area is 122 Å². The number of rotatable bonds is 2. The first-order chi connectivity index (χ1) is 9.69. The average molecular weight is 288 g/mol. The number of methoxy groups -OCH3 is 1. The molecule has 2 atom stereocenters. The molecule has 0 saturated carbocycles. The number of fused-ring (bicyclic) bond motifs is 1. The largest absolute Gasteiger partial charge is 0.508 e. The lowest BCUT2D eigenvalue weighted by molar-refractivity contribution is 0.186. The highest BCUT2D eigenvalue weighted by Gasteiger charge is 2.30. The topological polar surface area (TPSA) is 38.7 Å². The molecule has 0 saturated heterocycles. The summed E-state index contributed by atoms with van der Waals surface area (Å²) in [6.45, 7) is 2.14. The van der Waals surface area contributed by atoms with E-state index in [0.717, 1.165) is 22.0 Å². The summed E-state index contributed by atoms with van der Waals surface area (Å²) in [6, 6.07) is 13.1. The van der Waals surface area contributed by atoms with Crippen LogP contribution in [0.3, 0.4) is 0 Å². The van der Waals surface area contributed by atoms with Crippen LogP contribution in [0.5, 0.6) is 17.2 Å². The van der Waals surface area contributed by atoms with Crippen molar-refractivity contribution in [2.75, 3.05) is 7.11 Å². The van der Waals surface area contributed by atoms with E-state index in [9.17, 15) is 5.11 Å². The molecule has 1 aliphatic rings. The minimum Gasteiger partial charge on any atom is -0.508 e. The number of phenolic OH excluding ortho intramolecular Hbond substituents is 1. The van der Waals surface area contributed by atoms with Gasteiger partial charge in [-0.15, -0.1) is 11.8 Å². The van der Waals surface area contributed by atoms with Gasteiger partial charge in [-0.05, 0) is 36.8 Å². The van der Waals surface area contributed by atoms with Crippen LogP contribution >= 0.6 is 11.8 Å². The minimum absolute atomic E-state index is 0.0515. The maximum absolute atomic E-state index is 9.39. The number of ether oxygens (including phenoxy) is 2. The molecular weight excluding hydrogens is 272 g/mol. The second-order valence-electron chi connectivity index (χ2n) is 4.74. The first kappa shape index (κ1) is 13.2. The summed E-state index contributed by atoms with van der Waals surface area (Å²) >= 11 is 1.78. The van der Waals surface area contributed by atoms with Crippen molar-refractivity contribution in [2.24, 2.45) is 0 Å². The third kappa shape index (κ3) is 2.31. The standard InChI is InChI=1S/C16H16O3S/c1-10-15(11-6-8-12(17)9-7-11)19-16-13(18-2)4-3-5-14(16)20-10/h3-10,15,17H,1-2H3. The van der Waals surface area contributed by atoms with Gasteiger partial charge in [-0.1, -0.05) is 18.2 Å². The molecule has 2 aromatic carbocycles. The van der Waals surface area contributed by atoms with Crippen molar-refractivity contribution in [2.45, 2.75) is 23.2 Å². The van der Waals surface area contributed by atoms with Gasteiger partial charge in [-0.2, -0.15) is 0 Å². The number of hydrogen-bond donors (Lipinski definition) is 1. The maximum Gasteiger partial charge on any atom is 0.175 e. The van der Waals surface area contributed by atoms with Gasteiger partial charge < -0.3 is 14.6 Å². The Morgan fingerprint density at radius 2 is 1.90 bits per heavy atom. The summed E-state index contributed by atoms with van der Waals surface area (Å²) in [5.74, 6) is 1.82. The van der Waals surface area contributed by atoms with Crippen LogP contribution in [0.25, 0.3) is 0 Å². The lowest BCUT2D eigenvalue weighted by Crippen LogP contribution is -2.22. The monoisotopic (exact) mass is 288 g/mol. The molecule has 0 amide bonds. The van der Waals surface area contributed by atoms with Crippen molar-refractivity contribution in [1.82, 2.24) is 0 Å². The van der Waals surface area contributed by atoms with Crippen LogP contribution in [0, 0.1) is 0 Å². The smallest absolute Gasteiger partial charge is 0.175 e. The van der Waals surface area contributed by atoms with E-state index < -0.39 is 0 Å². The van der Waals surface area contributed by atoms with Crippen LogP contribution in [0.15, 0.2) is 47.4 Å². The summed E-state index contributed by atoms with van der Waals surface area (Å²) in [4.78, 5) is 1.10. The summed E-state index contributed by atoms with van der Waals surface area (Å²) < 4.78 is 11.5. The molecular formula is C16H16O3S. The lowest BCUT2D eigenvalue weighted by atomic mass is 10.1. The zero-order chi connectivity index (χ0) is 14.1. The Kier molecular flexibility index (Phi) is 3.49. The second kappa shape index (κ2) is 5.29. The van der Waals surface area contributed by atoms with E-state index in [2.05, 4.69) is 6.92 Å². The number of para-hydroxylation sites is 1. The summed E-state index contributed by atoms with van der Waals surface area (Å²) in [5, 5.41) is 9.69. The highest BCUT2D eigenvalue weighted by Crippen LogP contribution is 2.49. The molecule has 0 bridgehead atoms. The van der Waals surface area contributed by atoms with Crippen LogP contribution < -0.4 is 9.47 Å². The van der Waals surface area contributed by atoms with Gasteiger partial charge in [0, 0.05) is 5.25 Å². The quantitative estimate of drug-likeness (QED) is 0.906. The number of phenols is 1. The van der Waals surface area contributed by atoms with Gasteiger partial charge >= 0.3 is 0 Å².